The van der Waals surface area contributed by atoms with Crippen LogP contribution in [0.15, 0.2) is 46.5 Å². The van der Waals surface area contributed by atoms with Crippen molar-refractivity contribution in [1.29, 1.82) is 0 Å². The van der Waals surface area contributed by atoms with Crippen LogP contribution in [-0.4, -0.2) is 92.6 Å². The first-order valence-electron chi connectivity index (χ1n) is 15.1. The molecular weight excluding hydrogens is 548 g/mol. The summed E-state index contributed by atoms with van der Waals surface area (Å²) in [5.74, 6) is 0.130. The molecule has 0 aromatic carbocycles. The van der Waals surface area contributed by atoms with Crippen molar-refractivity contribution in [3.63, 3.8) is 0 Å². The fourth-order valence-electron chi connectivity index (χ4n) is 6.99. The van der Waals surface area contributed by atoms with Gasteiger partial charge in [-0.15, -0.1) is 0 Å². The van der Waals surface area contributed by atoms with E-state index in [1.807, 2.05) is 0 Å². The van der Waals surface area contributed by atoms with Gasteiger partial charge in [-0.05, 0) is 57.3 Å². The van der Waals surface area contributed by atoms with E-state index in [4.69, 9.17) is 0 Å². The number of aryl methyl sites for hydroxylation is 2. The third-order valence-electron chi connectivity index (χ3n) is 9.33. The van der Waals surface area contributed by atoms with E-state index in [1.165, 1.54) is 9.13 Å². The van der Waals surface area contributed by atoms with Gasteiger partial charge in [0.25, 0.3) is 22.9 Å². The smallest absolute Gasteiger partial charge is 0.274 e. The Balaban J connectivity index is 1.05. The summed E-state index contributed by atoms with van der Waals surface area (Å²) in [7, 11) is 5.49. The highest BCUT2D eigenvalue weighted by atomic mass is 16.2. The maximum atomic E-state index is 13.4. The fraction of sp³-hybridized carbons (Fsp3) is 0.484. The molecule has 2 aliphatic heterocycles. The van der Waals surface area contributed by atoms with Crippen LogP contribution in [0, 0.1) is 5.92 Å². The first kappa shape index (κ1) is 28.9. The van der Waals surface area contributed by atoms with E-state index in [0.29, 0.717) is 51.4 Å². The van der Waals surface area contributed by atoms with Gasteiger partial charge in [-0.3, -0.25) is 19.2 Å². The van der Waals surface area contributed by atoms with Gasteiger partial charge in [0.1, 0.15) is 11.0 Å². The standard InChI is InChI=1S/C31H40N8O4/c1-36-13-8-20(35-29(41)24-18-38(3)31(43)27-22(24)7-10-33-27)15-25(36)19-5-4-12-39(16-19)14-11-34-28(40)23-17-37(2)30(42)26-21(23)6-9-32-26/h6-7,9-10,17-20,25,32-33H,4-5,8,11-16H2,1-3H3,(H,34,40)(H,35,41). The topological polar surface area (TPSA) is 140 Å². The van der Waals surface area contributed by atoms with Crippen LogP contribution in [0.5, 0.6) is 0 Å². The largest absolute Gasteiger partial charge is 0.357 e. The summed E-state index contributed by atoms with van der Waals surface area (Å²) >= 11 is 0. The third kappa shape index (κ3) is 5.64. The molecule has 12 nitrogen and oxygen atoms in total. The maximum Gasteiger partial charge on any atom is 0.274 e. The van der Waals surface area contributed by atoms with Gasteiger partial charge in [-0.1, -0.05) is 0 Å². The summed E-state index contributed by atoms with van der Waals surface area (Å²) in [6.45, 7) is 4.11. The van der Waals surface area contributed by atoms with Crippen molar-refractivity contribution < 1.29 is 9.59 Å². The summed E-state index contributed by atoms with van der Waals surface area (Å²) in [5.41, 5.74) is 1.57. The molecule has 43 heavy (non-hydrogen) atoms. The summed E-state index contributed by atoms with van der Waals surface area (Å²) in [4.78, 5) is 61.9. The number of likely N-dealkylation sites (tertiary alicyclic amines) is 2. The van der Waals surface area contributed by atoms with Crippen LogP contribution < -0.4 is 21.8 Å². The second kappa shape index (κ2) is 11.8. The maximum absolute atomic E-state index is 13.4. The van der Waals surface area contributed by atoms with Gasteiger partial charge in [-0.25, -0.2) is 0 Å². The van der Waals surface area contributed by atoms with Gasteiger partial charge < -0.3 is 39.5 Å². The number of nitrogens with zero attached hydrogens (tertiary/aromatic N) is 4. The number of aromatic amines is 2. The van der Waals surface area contributed by atoms with E-state index in [0.717, 1.165) is 51.9 Å². The van der Waals surface area contributed by atoms with Crippen molar-refractivity contribution in [1.82, 2.24) is 39.5 Å². The molecule has 0 radical (unpaired) electrons. The molecule has 0 spiro atoms. The predicted octanol–water partition coefficient (Wildman–Crippen LogP) is 1.38. The van der Waals surface area contributed by atoms with Crippen LogP contribution in [-0.2, 0) is 14.1 Å². The van der Waals surface area contributed by atoms with Gasteiger partial charge in [-0.2, -0.15) is 0 Å². The number of hydrogen-bond acceptors (Lipinski definition) is 6. The Bertz CT molecular complexity index is 1780. The second-order valence-corrected chi connectivity index (χ2v) is 12.2. The second-order valence-electron chi connectivity index (χ2n) is 12.2. The number of aromatic nitrogens is 4. The molecule has 2 aliphatic rings. The SMILES string of the molecule is CN1CCC(NC(=O)c2cn(C)c(=O)c3[nH]ccc23)CC1C1CCCN(CCNC(=O)c2cn(C)c(=O)c3[nH]ccc23)C1. The van der Waals surface area contributed by atoms with E-state index < -0.39 is 0 Å². The number of piperidine rings is 2. The lowest BCUT2D eigenvalue weighted by molar-refractivity contribution is 0.0556. The Hall–Kier alpha value is -4.16. The number of hydrogen-bond donors (Lipinski definition) is 4. The Morgan fingerprint density at radius 1 is 0.884 bits per heavy atom. The first-order valence-corrected chi connectivity index (χ1v) is 15.1. The highest BCUT2D eigenvalue weighted by Crippen LogP contribution is 2.29. The van der Waals surface area contributed by atoms with E-state index in [1.54, 1.807) is 51.0 Å². The summed E-state index contributed by atoms with van der Waals surface area (Å²) in [5, 5.41) is 7.60. The first-order chi connectivity index (χ1) is 20.7. The fourth-order valence-corrected chi connectivity index (χ4v) is 6.99. The summed E-state index contributed by atoms with van der Waals surface area (Å²) in [6.07, 6.45) is 10.6. The monoisotopic (exact) mass is 588 g/mol. The number of nitrogens with one attached hydrogen (secondary N) is 4. The zero-order chi connectivity index (χ0) is 30.2. The van der Waals surface area contributed by atoms with Crippen molar-refractivity contribution in [3.05, 3.63) is 68.8 Å². The lowest BCUT2D eigenvalue weighted by atomic mass is 9.83. The predicted molar refractivity (Wildman–Crippen MR) is 165 cm³/mol. The molecule has 2 amide bonds. The highest BCUT2D eigenvalue weighted by Gasteiger charge is 2.35. The molecule has 6 heterocycles. The average Bonchev–Trinajstić information content (AvgIpc) is 3.69. The molecule has 4 N–H and O–H groups in total. The van der Waals surface area contributed by atoms with Crippen LogP contribution in [0.2, 0.25) is 0 Å². The summed E-state index contributed by atoms with van der Waals surface area (Å²) < 4.78 is 2.88. The molecule has 4 aromatic rings. The van der Waals surface area contributed by atoms with Gasteiger partial charge in [0.05, 0.1) is 11.1 Å². The molecule has 6 rings (SSSR count). The molecule has 228 valence electrons. The molecular formula is C31H40N8O4. The highest BCUT2D eigenvalue weighted by molar-refractivity contribution is 6.06. The van der Waals surface area contributed by atoms with Crippen molar-refractivity contribution in [3.8, 4) is 0 Å². The normalized spacial score (nSPS) is 21.8. The molecule has 0 aliphatic carbocycles. The van der Waals surface area contributed by atoms with Crippen molar-refractivity contribution in [2.75, 3.05) is 39.8 Å². The number of fused-ring (bicyclic) bond motifs is 2. The number of H-pyrrole nitrogens is 2. The zero-order valence-corrected chi connectivity index (χ0v) is 25.0. The minimum Gasteiger partial charge on any atom is -0.357 e. The number of pyridine rings is 2. The molecule has 2 saturated heterocycles. The Morgan fingerprint density at radius 2 is 1.51 bits per heavy atom. The minimum absolute atomic E-state index is 0.0571. The van der Waals surface area contributed by atoms with Gasteiger partial charge in [0, 0.05) is 87.9 Å². The number of carbonyl (C=O) groups is 2. The van der Waals surface area contributed by atoms with Crippen LogP contribution in [0.25, 0.3) is 21.8 Å². The molecule has 2 fully saturated rings. The van der Waals surface area contributed by atoms with Gasteiger partial charge in [0.2, 0.25) is 0 Å². The zero-order valence-electron chi connectivity index (χ0n) is 25.0. The van der Waals surface area contributed by atoms with E-state index in [2.05, 4.69) is 37.4 Å². The number of rotatable bonds is 7. The Labute approximate surface area is 249 Å². The van der Waals surface area contributed by atoms with Crippen LogP contribution in [0.1, 0.15) is 46.4 Å². The van der Waals surface area contributed by atoms with Crippen molar-refractivity contribution in [2.45, 2.75) is 37.8 Å². The van der Waals surface area contributed by atoms with Crippen molar-refractivity contribution in [2.24, 2.45) is 20.0 Å². The third-order valence-corrected chi connectivity index (χ3v) is 9.33. The Morgan fingerprint density at radius 3 is 2.16 bits per heavy atom. The van der Waals surface area contributed by atoms with Gasteiger partial charge in [0.15, 0.2) is 0 Å². The van der Waals surface area contributed by atoms with Crippen LogP contribution in [0.3, 0.4) is 0 Å². The average molecular weight is 589 g/mol. The van der Waals surface area contributed by atoms with E-state index >= 15 is 0 Å². The van der Waals surface area contributed by atoms with Gasteiger partial charge >= 0.3 is 0 Å². The van der Waals surface area contributed by atoms with Crippen LogP contribution >= 0.6 is 0 Å². The number of amides is 2. The van der Waals surface area contributed by atoms with Crippen LogP contribution in [0.4, 0.5) is 0 Å². The Kier molecular flexibility index (Phi) is 7.97. The molecule has 0 bridgehead atoms. The van der Waals surface area contributed by atoms with Crippen molar-refractivity contribution >= 4 is 33.6 Å². The molecule has 3 atom stereocenters. The lowest BCUT2D eigenvalue weighted by Gasteiger charge is -2.45. The summed E-state index contributed by atoms with van der Waals surface area (Å²) in [6, 6.07) is 3.95. The minimum atomic E-state index is -0.185. The van der Waals surface area contributed by atoms with E-state index in [-0.39, 0.29) is 29.0 Å². The molecule has 12 heteroatoms. The lowest BCUT2D eigenvalue weighted by Crippen LogP contribution is -2.54. The molecule has 0 saturated carbocycles. The molecule has 4 aromatic heterocycles. The molecule has 3 unspecified atom stereocenters. The number of carbonyl (C=O) groups excluding carboxylic acids is 2. The quantitative estimate of drug-likeness (QED) is 0.257. The van der Waals surface area contributed by atoms with E-state index in [9.17, 15) is 19.2 Å².